The number of hydrogen-bond donors (Lipinski definition) is 0. The van der Waals surface area contributed by atoms with E-state index in [2.05, 4.69) is 15.9 Å². The SMILES string of the molecule is O=Cc1cc([N+](=O)[O-])cc(Br)c1F. The van der Waals surface area contributed by atoms with Crippen molar-refractivity contribution < 1.29 is 14.1 Å². The Kier molecular flexibility index (Phi) is 2.72. The van der Waals surface area contributed by atoms with Crippen LogP contribution < -0.4 is 0 Å². The average molecular weight is 248 g/mol. The number of carbonyl (C=O) groups excluding carboxylic acids is 1. The van der Waals surface area contributed by atoms with E-state index >= 15 is 0 Å². The molecule has 0 saturated heterocycles. The van der Waals surface area contributed by atoms with Gasteiger partial charge in [-0.15, -0.1) is 0 Å². The van der Waals surface area contributed by atoms with E-state index in [1.807, 2.05) is 0 Å². The first kappa shape index (κ1) is 9.79. The minimum atomic E-state index is -0.791. The van der Waals surface area contributed by atoms with E-state index in [-0.39, 0.29) is 22.0 Å². The Labute approximate surface area is 80.6 Å². The molecule has 0 saturated carbocycles. The Balaban J connectivity index is 3.38. The third-order valence-corrected chi connectivity index (χ3v) is 1.96. The number of benzene rings is 1. The molecule has 0 aliphatic heterocycles. The maximum Gasteiger partial charge on any atom is 0.271 e. The van der Waals surface area contributed by atoms with Crippen molar-refractivity contribution in [2.75, 3.05) is 0 Å². The maximum atomic E-state index is 12.9. The standard InChI is InChI=1S/C7H3BrFNO3/c8-6-2-5(10(12)13)1-4(3-11)7(6)9/h1-3H. The second-order valence-corrected chi connectivity index (χ2v) is 3.06. The molecule has 0 bridgehead atoms. The van der Waals surface area contributed by atoms with Crippen LogP contribution in [0.15, 0.2) is 16.6 Å². The van der Waals surface area contributed by atoms with Gasteiger partial charge >= 0.3 is 0 Å². The summed E-state index contributed by atoms with van der Waals surface area (Å²) in [4.78, 5) is 19.9. The molecule has 0 fully saturated rings. The largest absolute Gasteiger partial charge is 0.298 e. The summed E-state index contributed by atoms with van der Waals surface area (Å²) in [5, 5.41) is 10.3. The Morgan fingerprint density at radius 3 is 2.62 bits per heavy atom. The third-order valence-electron chi connectivity index (χ3n) is 1.38. The summed E-state index contributed by atoms with van der Waals surface area (Å²) in [6, 6.07) is 1.88. The fourth-order valence-electron chi connectivity index (χ4n) is 0.787. The van der Waals surface area contributed by atoms with Crippen LogP contribution >= 0.6 is 15.9 Å². The number of aldehydes is 1. The van der Waals surface area contributed by atoms with Gasteiger partial charge in [0, 0.05) is 12.1 Å². The molecular formula is C7H3BrFNO3. The van der Waals surface area contributed by atoms with Crippen LogP contribution in [-0.4, -0.2) is 11.2 Å². The summed E-state index contributed by atoms with van der Waals surface area (Å²) in [5.74, 6) is -0.791. The Morgan fingerprint density at radius 2 is 2.15 bits per heavy atom. The van der Waals surface area contributed by atoms with Crippen LogP contribution in [0.25, 0.3) is 0 Å². The van der Waals surface area contributed by atoms with Gasteiger partial charge in [-0.25, -0.2) is 4.39 Å². The molecule has 0 aliphatic rings. The van der Waals surface area contributed by atoms with Crippen LogP contribution in [0.4, 0.5) is 10.1 Å². The molecule has 0 spiro atoms. The summed E-state index contributed by atoms with van der Waals surface area (Å²) in [6.45, 7) is 0. The van der Waals surface area contributed by atoms with Gasteiger partial charge in [0.05, 0.1) is 15.0 Å². The number of non-ortho nitro benzene ring substituents is 1. The lowest BCUT2D eigenvalue weighted by Gasteiger charge is -1.97. The van der Waals surface area contributed by atoms with Gasteiger partial charge in [-0.3, -0.25) is 14.9 Å². The van der Waals surface area contributed by atoms with Gasteiger partial charge in [0.25, 0.3) is 5.69 Å². The quantitative estimate of drug-likeness (QED) is 0.458. The Hall–Kier alpha value is -1.30. The molecule has 6 heteroatoms. The van der Waals surface area contributed by atoms with Crippen molar-refractivity contribution in [1.29, 1.82) is 0 Å². The molecule has 0 unspecified atom stereocenters. The molecule has 0 N–H and O–H groups in total. The maximum absolute atomic E-state index is 12.9. The van der Waals surface area contributed by atoms with Crippen molar-refractivity contribution in [2.24, 2.45) is 0 Å². The van der Waals surface area contributed by atoms with Crippen LogP contribution in [0.5, 0.6) is 0 Å². The van der Waals surface area contributed by atoms with E-state index in [9.17, 15) is 19.3 Å². The minimum Gasteiger partial charge on any atom is -0.298 e. The first-order valence-corrected chi connectivity index (χ1v) is 3.94. The molecular weight excluding hydrogens is 245 g/mol. The molecule has 1 aromatic carbocycles. The Morgan fingerprint density at radius 1 is 1.54 bits per heavy atom. The zero-order valence-electron chi connectivity index (χ0n) is 6.16. The van der Waals surface area contributed by atoms with E-state index in [4.69, 9.17) is 0 Å². The summed E-state index contributed by atoms with van der Waals surface area (Å²) < 4.78 is 12.9. The number of nitrogens with zero attached hydrogens (tertiary/aromatic N) is 1. The molecule has 1 rings (SSSR count). The second-order valence-electron chi connectivity index (χ2n) is 2.21. The summed E-state index contributed by atoms with van der Waals surface area (Å²) in [5.41, 5.74) is -0.656. The molecule has 0 aliphatic carbocycles. The lowest BCUT2D eigenvalue weighted by Crippen LogP contribution is -1.94. The van der Waals surface area contributed by atoms with E-state index in [1.165, 1.54) is 0 Å². The van der Waals surface area contributed by atoms with E-state index < -0.39 is 10.7 Å². The van der Waals surface area contributed by atoms with Crippen molar-refractivity contribution in [3.05, 3.63) is 38.1 Å². The van der Waals surface area contributed by atoms with Gasteiger partial charge in [-0.1, -0.05) is 0 Å². The van der Waals surface area contributed by atoms with Gasteiger partial charge in [-0.2, -0.15) is 0 Å². The lowest BCUT2D eigenvalue weighted by atomic mass is 10.2. The first-order valence-electron chi connectivity index (χ1n) is 3.15. The normalized spacial score (nSPS) is 9.69. The summed E-state index contributed by atoms with van der Waals surface area (Å²) >= 11 is 2.77. The van der Waals surface area contributed by atoms with Crippen LogP contribution in [-0.2, 0) is 0 Å². The fraction of sp³-hybridized carbons (Fsp3) is 0. The van der Waals surface area contributed by atoms with E-state index in [0.29, 0.717) is 0 Å². The number of nitro groups is 1. The van der Waals surface area contributed by atoms with Crippen molar-refractivity contribution in [3.63, 3.8) is 0 Å². The molecule has 0 amide bonds. The van der Waals surface area contributed by atoms with Crippen LogP contribution in [0.2, 0.25) is 0 Å². The van der Waals surface area contributed by atoms with Crippen molar-refractivity contribution >= 4 is 27.9 Å². The highest BCUT2D eigenvalue weighted by Crippen LogP contribution is 2.24. The van der Waals surface area contributed by atoms with Gasteiger partial charge in [0.1, 0.15) is 5.82 Å². The predicted molar refractivity (Wildman–Crippen MR) is 46.1 cm³/mol. The predicted octanol–water partition coefficient (Wildman–Crippen LogP) is 2.31. The van der Waals surface area contributed by atoms with Crippen molar-refractivity contribution in [3.8, 4) is 0 Å². The molecule has 0 aromatic heterocycles. The smallest absolute Gasteiger partial charge is 0.271 e. The molecule has 13 heavy (non-hydrogen) atoms. The highest BCUT2D eigenvalue weighted by atomic mass is 79.9. The molecule has 4 nitrogen and oxygen atoms in total. The van der Waals surface area contributed by atoms with Gasteiger partial charge in [-0.05, 0) is 15.9 Å². The molecule has 68 valence electrons. The van der Waals surface area contributed by atoms with Crippen molar-refractivity contribution in [2.45, 2.75) is 0 Å². The minimum absolute atomic E-state index is 0.0937. The number of carbonyl (C=O) groups is 1. The number of rotatable bonds is 2. The van der Waals surface area contributed by atoms with Crippen LogP contribution in [0.3, 0.4) is 0 Å². The average Bonchev–Trinajstić information content (AvgIpc) is 2.09. The number of hydrogen-bond acceptors (Lipinski definition) is 3. The fourth-order valence-corrected chi connectivity index (χ4v) is 1.25. The molecule has 0 atom stereocenters. The third kappa shape index (κ3) is 1.89. The summed E-state index contributed by atoms with van der Waals surface area (Å²) in [6.07, 6.45) is 0.229. The molecule has 0 heterocycles. The number of halogens is 2. The zero-order valence-corrected chi connectivity index (χ0v) is 7.75. The first-order chi connectivity index (χ1) is 6.06. The molecule has 1 aromatic rings. The topological polar surface area (TPSA) is 60.2 Å². The second kappa shape index (κ2) is 3.61. The van der Waals surface area contributed by atoms with Gasteiger partial charge < -0.3 is 0 Å². The van der Waals surface area contributed by atoms with E-state index in [1.54, 1.807) is 0 Å². The van der Waals surface area contributed by atoms with E-state index in [0.717, 1.165) is 12.1 Å². The van der Waals surface area contributed by atoms with Crippen molar-refractivity contribution in [1.82, 2.24) is 0 Å². The van der Waals surface area contributed by atoms with Gasteiger partial charge in [0.2, 0.25) is 0 Å². The lowest BCUT2D eigenvalue weighted by molar-refractivity contribution is -0.385. The van der Waals surface area contributed by atoms with Crippen LogP contribution in [0, 0.1) is 15.9 Å². The number of nitro benzene ring substituents is 1. The highest BCUT2D eigenvalue weighted by Gasteiger charge is 2.14. The summed E-state index contributed by atoms with van der Waals surface area (Å²) in [7, 11) is 0. The zero-order chi connectivity index (χ0) is 10.0. The Bertz CT molecular complexity index is 380. The molecule has 0 radical (unpaired) electrons. The highest BCUT2D eigenvalue weighted by molar-refractivity contribution is 9.10. The van der Waals surface area contributed by atoms with Crippen LogP contribution in [0.1, 0.15) is 10.4 Å². The van der Waals surface area contributed by atoms with Gasteiger partial charge in [0.15, 0.2) is 6.29 Å². The monoisotopic (exact) mass is 247 g/mol.